The number of fused-ring (bicyclic) bond motifs is 1. The molecule has 0 bridgehead atoms. The summed E-state index contributed by atoms with van der Waals surface area (Å²) < 4.78 is 10.7. The van der Waals surface area contributed by atoms with Crippen molar-refractivity contribution < 1.29 is 9.47 Å². The van der Waals surface area contributed by atoms with Crippen molar-refractivity contribution >= 4 is 17.3 Å². The molecule has 1 aromatic rings. The average molecular weight is 268 g/mol. The van der Waals surface area contributed by atoms with E-state index in [1.54, 1.807) is 19.8 Å². The predicted octanol–water partition coefficient (Wildman–Crippen LogP) is 3.17. The van der Waals surface area contributed by atoms with Gasteiger partial charge in [0.1, 0.15) is 0 Å². The van der Waals surface area contributed by atoms with Gasteiger partial charge >= 0.3 is 0 Å². The van der Waals surface area contributed by atoms with E-state index >= 15 is 0 Å². The van der Waals surface area contributed by atoms with E-state index in [1.807, 2.05) is 12.1 Å². The molecule has 0 saturated heterocycles. The molecule has 0 aromatic heterocycles. The van der Waals surface area contributed by atoms with Crippen molar-refractivity contribution in [2.75, 3.05) is 14.2 Å². The maximum atomic E-state index is 5.91. The van der Waals surface area contributed by atoms with Crippen LogP contribution in [0.25, 0.3) is 5.70 Å². The summed E-state index contributed by atoms with van der Waals surface area (Å²) in [6.45, 7) is 4.29. The quantitative estimate of drug-likeness (QED) is 0.893. The monoisotopic (exact) mass is 267 g/mol. The molecule has 1 heterocycles. The molecule has 0 fully saturated rings. The second-order valence-corrected chi connectivity index (χ2v) is 5.29. The summed E-state index contributed by atoms with van der Waals surface area (Å²) in [5, 5.41) is 3.42. The van der Waals surface area contributed by atoms with Crippen LogP contribution in [0.2, 0.25) is 0 Å². The van der Waals surface area contributed by atoms with E-state index in [9.17, 15) is 0 Å². The number of ether oxygens (including phenoxy) is 2. The topological polar surface area (TPSA) is 30.5 Å². The Bertz CT molecular complexity index is 495. The first-order valence-electron chi connectivity index (χ1n) is 5.84. The van der Waals surface area contributed by atoms with E-state index in [4.69, 9.17) is 21.1 Å². The van der Waals surface area contributed by atoms with Crippen molar-refractivity contribution in [3.63, 3.8) is 0 Å². The summed E-state index contributed by atoms with van der Waals surface area (Å²) in [6, 6.07) is 3.99. The van der Waals surface area contributed by atoms with Gasteiger partial charge in [-0.2, -0.15) is 0 Å². The van der Waals surface area contributed by atoms with Crippen LogP contribution in [0, 0.1) is 0 Å². The largest absolute Gasteiger partial charge is 0.493 e. The minimum absolute atomic E-state index is 0.0205. The summed E-state index contributed by atoms with van der Waals surface area (Å²) >= 11 is 5.91. The normalized spacial score (nSPS) is 19.1. The molecule has 1 N–H and O–H groups in total. The van der Waals surface area contributed by atoms with Gasteiger partial charge in [0, 0.05) is 16.6 Å². The second kappa shape index (κ2) is 4.73. The van der Waals surface area contributed by atoms with Gasteiger partial charge in [-0.05, 0) is 38.0 Å². The lowest BCUT2D eigenvalue weighted by Gasteiger charge is -2.35. The van der Waals surface area contributed by atoms with Crippen molar-refractivity contribution in [1.29, 1.82) is 0 Å². The van der Waals surface area contributed by atoms with Gasteiger partial charge in [-0.15, -0.1) is 0 Å². The van der Waals surface area contributed by atoms with Crippen LogP contribution in [0.1, 0.15) is 25.0 Å². The lowest BCUT2D eigenvalue weighted by molar-refractivity contribution is 0.352. The fourth-order valence-electron chi connectivity index (χ4n) is 2.36. The van der Waals surface area contributed by atoms with Crippen LogP contribution in [0.15, 0.2) is 17.7 Å². The SMILES string of the molecule is COc1cc2c(cc1OC)C(=CCl)NC(C)(C)C2. The van der Waals surface area contributed by atoms with E-state index < -0.39 is 0 Å². The molecule has 0 radical (unpaired) electrons. The molecule has 0 saturated carbocycles. The van der Waals surface area contributed by atoms with E-state index in [2.05, 4.69) is 19.2 Å². The third kappa shape index (κ3) is 2.27. The maximum Gasteiger partial charge on any atom is 0.161 e. The molecule has 0 aliphatic carbocycles. The molecule has 1 aliphatic rings. The number of hydrogen-bond donors (Lipinski definition) is 1. The van der Waals surface area contributed by atoms with Crippen LogP contribution < -0.4 is 14.8 Å². The number of methoxy groups -OCH3 is 2. The van der Waals surface area contributed by atoms with Crippen LogP contribution in [0.4, 0.5) is 0 Å². The Balaban J connectivity index is 2.58. The Morgan fingerprint density at radius 1 is 1.22 bits per heavy atom. The van der Waals surface area contributed by atoms with Crippen LogP contribution in [0.3, 0.4) is 0 Å². The summed E-state index contributed by atoms with van der Waals surface area (Å²) in [5.74, 6) is 1.47. The third-order valence-corrected chi connectivity index (χ3v) is 3.33. The Morgan fingerprint density at radius 3 is 2.39 bits per heavy atom. The Hall–Kier alpha value is -1.35. The molecule has 0 unspecified atom stereocenters. The van der Waals surface area contributed by atoms with Crippen molar-refractivity contribution in [3.05, 3.63) is 28.8 Å². The lowest BCUT2D eigenvalue weighted by Crippen LogP contribution is -2.43. The molecule has 3 nitrogen and oxygen atoms in total. The van der Waals surface area contributed by atoms with E-state index in [0.717, 1.165) is 23.4 Å². The van der Waals surface area contributed by atoms with Crippen molar-refractivity contribution in [3.8, 4) is 11.5 Å². The molecule has 1 aromatic carbocycles. The number of nitrogens with one attached hydrogen (secondary N) is 1. The Kier molecular flexibility index (Phi) is 3.44. The van der Waals surface area contributed by atoms with Gasteiger partial charge in [0.25, 0.3) is 0 Å². The highest BCUT2D eigenvalue weighted by Crippen LogP contribution is 2.37. The zero-order chi connectivity index (χ0) is 13.3. The third-order valence-electron chi connectivity index (χ3n) is 3.11. The van der Waals surface area contributed by atoms with Crippen molar-refractivity contribution in [1.82, 2.24) is 5.32 Å². The second-order valence-electron chi connectivity index (χ2n) is 5.07. The summed E-state index contributed by atoms with van der Waals surface area (Å²) in [4.78, 5) is 0. The molecular formula is C14H18ClNO2. The molecule has 0 amide bonds. The number of hydrogen-bond acceptors (Lipinski definition) is 3. The van der Waals surface area contributed by atoms with E-state index in [1.165, 1.54) is 5.56 Å². The van der Waals surface area contributed by atoms with E-state index in [-0.39, 0.29) is 5.54 Å². The first-order valence-corrected chi connectivity index (χ1v) is 6.28. The Labute approximate surface area is 113 Å². The molecular weight excluding hydrogens is 250 g/mol. The molecule has 18 heavy (non-hydrogen) atoms. The van der Waals surface area contributed by atoms with Crippen LogP contribution in [-0.2, 0) is 6.42 Å². The smallest absolute Gasteiger partial charge is 0.161 e. The highest BCUT2D eigenvalue weighted by atomic mass is 35.5. The highest BCUT2D eigenvalue weighted by molar-refractivity contribution is 6.28. The number of benzene rings is 1. The fraction of sp³-hybridized carbons (Fsp3) is 0.429. The van der Waals surface area contributed by atoms with Gasteiger partial charge in [-0.25, -0.2) is 0 Å². The summed E-state index contributed by atoms with van der Waals surface area (Å²) in [5.41, 5.74) is 4.76. The van der Waals surface area contributed by atoms with Gasteiger partial charge < -0.3 is 14.8 Å². The number of rotatable bonds is 2. The first kappa shape index (κ1) is 13.1. The standard InChI is InChI=1S/C14H18ClNO2/c1-14(2)7-9-5-12(17-3)13(18-4)6-10(9)11(8-15)16-14/h5-6,8,16H,7H2,1-4H3. The van der Waals surface area contributed by atoms with Gasteiger partial charge in [0.15, 0.2) is 11.5 Å². The highest BCUT2D eigenvalue weighted by Gasteiger charge is 2.28. The van der Waals surface area contributed by atoms with Gasteiger partial charge in [-0.3, -0.25) is 0 Å². The maximum absolute atomic E-state index is 5.91. The van der Waals surface area contributed by atoms with Crippen LogP contribution in [0.5, 0.6) is 11.5 Å². The molecule has 98 valence electrons. The predicted molar refractivity (Wildman–Crippen MR) is 74.3 cm³/mol. The average Bonchev–Trinajstić information content (AvgIpc) is 2.35. The minimum Gasteiger partial charge on any atom is -0.493 e. The zero-order valence-corrected chi connectivity index (χ0v) is 11.9. The fourth-order valence-corrected chi connectivity index (χ4v) is 2.53. The molecule has 0 atom stereocenters. The van der Waals surface area contributed by atoms with Gasteiger partial charge in [-0.1, -0.05) is 11.6 Å². The van der Waals surface area contributed by atoms with Gasteiger partial charge in [0.05, 0.1) is 19.9 Å². The molecule has 4 heteroatoms. The van der Waals surface area contributed by atoms with Crippen LogP contribution >= 0.6 is 11.6 Å². The van der Waals surface area contributed by atoms with Gasteiger partial charge in [0.2, 0.25) is 0 Å². The van der Waals surface area contributed by atoms with E-state index in [0.29, 0.717) is 5.75 Å². The lowest BCUT2D eigenvalue weighted by atomic mass is 9.86. The number of halogens is 1. The first-order chi connectivity index (χ1) is 8.50. The Morgan fingerprint density at radius 2 is 1.83 bits per heavy atom. The summed E-state index contributed by atoms with van der Waals surface area (Å²) in [6.07, 6.45) is 0.914. The minimum atomic E-state index is -0.0205. The molecule has 0 spiro atoms. The molecule has 1 aliphatic heterocycles. The van der Waals surface area contributed by atoms with Crippen molar-refractivity contribution in [2.45, 2.75) is 25.8 Å². The summed E-state index contributed by atoms with van der Waals surface area (Å²) in [7, 11) is 3.28. The van der Waals surface area contributed by atoms with Crippen molar-refractivity contribution in [2.24, 2.45) is 0 Å². The zero-order valence-electron chi connectivity index (χ0n) is 11.1. The van der Waals surface area contributed by atoms with Crippen LogP contribution in [-0.4, -0.2) is 19.8 Å². The molecule has 2 rings (SSSR count).